The summed E-state index contributed by atoms with van der Waals surface area (Å²) in [6.45, 7) is 1.93. The van der Waals surface area contributed by atoms with Crippen LogP contribution in [0.1, 0.15) is 21.6 Å². The zero-order valence-corrected chi connectivity index (χ0v) is 16.9. The number of benzene rings is 3. The van der Waals surface area contributed by atoms with E-state index in [1.165, 1.54) is 0 Å². The summed E-state index contributed by atoms with van der Waals surface area (Å²) in [6, 6.07) is 20.6. The van der Waals surface area contributed by atoms with E-state index in [-0.39, 0.29) is 5.78 Å². The lowest BCUT2D eigenvalue weighted by molar-refractivity contribution is 0.103. The van der Waals surface area contributed by atoms with Crippen molar-refractivity contribution in [2.45, 2.75) is 6.92 Å². The van der Waals surface area contributed by atoms with Gasteiger partial charge < -0.3 is 9.30 Å². The van der Waals surface area contributed by atoms with E-state index < -0.39 is 0 Å². The molecule has 0 fully saturated rings. The second-order valence-electron chi connectivity index (χ2n) is 6.72. The van der Waals surface area contributed by atoms with Gasteiger partial charge in [0.2, 0.25) is 0 Å². The highest BCUT2D eigenvalue weighted by Gasteiger charge is 2.14. The maximum Gasteiger partial charge on any atom is 0.193 e. The molecule has 1 aromatic heterocycles. The average Bonchev–Trinajstić information content (AvgIpc) is 3.19. The van der Waals surface area contributed by atoms with E-state index in [1.807, 2.05) is 78.4 Å². The van der Waals surface area contributed by atoms with Crippen molar-refractivity contribution in [3.63, 3.8) is 0 Å². The number of ether oxygens (including phenoxy) is 1. The Morgan fingerprint density at radius 1 is 0.931 bits per heavy atom. The smallest absolute Gasteiger partial charge is 0.193 e. The number of carbonyl (C=O) groups excluding carboxylic acids is 1. The van der Waals surface area contributed by atoms with Crippen molar-refractivity contribution >= 4 is 17.4 Å². The monoisotopic (exact) mass is 402 g/mol. The second-order valence-corrected chi connectivity index (χ2v) is 7.16. The Morgan fingerprint density at radius 2 is 1.55 bits per heavy atom. The van der Waals surface area contributed by atoms with E-state index in [1.54, 1.807) is 19.5 Å². The van der Waals surface area contributed by atoms with Gasteiger partial charge in [-0.1, -0.05) is 48.0 Å². The molecular weight excluding hydrogens is 384 g/mol. The maximum atomic E-state index is 13.0. The molecule has 0 saturated heterocycles. The summed E-state index contributed by atoms with van der Waals surface area (Å²) < 4.78 is 7.39. The van der Waals surface area contributed by atoms with Crippen molar-refractivity contribution in [2.24, 2.45) is 0 Å². The molecule has 4 aromatic rings. The number of halogens is 1. The van der Waals surface area contributed by atoms with E-state index in [2.05, 4.69) is 4.98 Å². The molecule has 0 radical (unpaired) electrons. The zero-order chi connectivity index (χ0) is 20.4. The van der Waals surface area contributed by atoms with E-state index in [9.17, 15) is 4.79 Å². The summed E-state index contributed by atoms with van der Waals surface area (Å²) in [7, 11) is 1.60. The Balaban J connectivity index is 1.61. The molecule has 29 heavy (non-hydrogen) atoms. The predicted molar refractivity (Wildman–Crippen MR) is 115 cm³/mol. The fourth-order valence-corrected chi connectivity index (χ4v) is 3.33. The molecule has 0 aliphatic heterocycles. The maximum absolute atomic E-state index is 13.0. The molecule has 144 valence electrons. The highest BCUT2D eigenvalue weighted by Crippen LogP contribution is 2.27. The second kappa shape index (κ2) is 7.94. The van der Waals surface area contributed by atoms with Crippen LogP contribution in [0, 0.1) is 6.92 Å². The van der Waals surface area contributed by atoms with Crippen LogP contribution in [0.25, 0.3) is 16.8 Å². The normalized spacial score (nSPS) is 10.7. The van der Waals surface area contributed by atoms with Crippen LogP contribution in [0.15, 0.2) is 79.3 Å². The molecule has 0 spiro atoms. The van der Waals surface area contributed by atoms with Crippen LogP contribution < -0.4 is 4.74 Å². The largest absolute Gasteiger partial charge is 0.495 e. The van der Waals surface area contributed by atoms with Crippen molar-refractivity contribution in [1.29, 1.82) is 0 Å². The van der Waals surface area contributed by atoms with Crippen molar-refractivity contribution in [1.82, 2.24) is 9.55 Å². The molecule has 3 aromatic carbocycles. The minimum Gasteiger partial charge on any atom is -0.495 e. The topological polar surface area (TPSA) is 44.1 Å². The Labute approximate surface area is 174 Å². The minimum atomic E-state index is -0.0562. The Bertz CT molecular complexity index is 1160. The molecule has 4 nitrogen and oxygen atoms in total. The van der Waals surface area contributed by atoms with Gasteiger partial charge >= 0.3 is 0 Å². The lowest BCUT2D eigenvalue weighted by Crippen LogP contribution is -2.03. The molecule has 0 saturated carbocycles. The van der Waals surface area contributed by atoms with E-state index in [4.69, 9.17) is 16.3 Å². The first-order valence-electron chi connectivity index (χ1n) is 9.15. The van der Waals surface area contributed by atoms with Gasteiger partial charge in [0, 0.05) is 22.3 Å². The fraction of sp³-hybridized carbons (Fsp3) is 0.0833. The van der Waals surface area contributed by atoms with Gasteiger partial charge in [-0.2, -0.15) is 0 Å². The highest BCUT2D eigenvalue weighted by atomic mass is 35.5. The van der Waals surface area contributed by atoms with Gasteiger partial charge in [0.1, 0.15) is 5.75 Å². The van der Waals surface area contributed by atoms with Gasteiger partial charge in [-0.25, -0.2) is 4.98 Å². The molecule has 5 heteroatoms. The number of imidazole rings is 1. The van der Waals surface area contributed by atoms with Gasteiger partial charge in [-0.15, -0.1) is 0 Å². The van der Waals surface area contributed by atoms with Crippen LogP contribution in [0.2, 0.25) is 5.02 Å². The molecule has 0 bridgehead atoms. The quantitative estimate of drug-likeness (QED) is 0.400. The van der Waals surface area contributed by atoms with Crippen LogP contribution in [0.4, 0.5) is 0 Å². The first-order valence-corrected chi connectivity index (χ1v) is 9.52. The van der Waals surface area contributed by atoms with Crippen molar-refractivity contribution in [2.75, 3.05) is 7.11 Å². The lowest BCUT2D eigenvalue weighted by Gasteiger charge is -2.11. The standard InChI is InChI=1S/C24H19ClN2O2/c1-16-14-27(15-26-16)22-12-9-20(13-23(22)29-2)24(28)19-5-3-17(4-6-19)18-7-10-21(25)11-8-18/h3-15H,1-2H3. The summed E-state index contributed by atoms with van der Waals surface area (Å²) >= 11 is 5.95. The van der Waals surface area contributed by atoms with Crippen molar-refractivity contribution < 1.29 is 9.53 Å². The van der Waals surface area contributed by atoms with Gasteiger partial charge in [0.05, 0.1) is 24.8 Å². The molecule has 0 aliphatic rings. The summed E-state index contributed by atoms with van der Waals surface area (Å²) in [5, 5.41) is 0.698. The van der Waals surface area contributed by atoms with E-state index >= 15 is 0 Å². The van der Waals surface area contributed by atoms with Crippen LogP contribution in [0.5, 0.6) is 5.75 Å². The van der Waals surface area contributed by atoms with E-state index in [0.29, 0.717) is 21.9 Å². The molecule has 0 unspecified atom stereocenters. The molecule has 0 amide bonds. The first kappa shape index (κ1) is 19.0. The number of aryl methyl sites for hydroxylation is 1. The summed E-state index contributed by atoms with van der Waals surface area (Å²) in [5.41, 5.74) is 5.02. The fourth-order valence-electron chi connectivity index (χ4n) is 3.21. The lowest BCUT2D eigenvalue weighted by atomic mass is 9.99. The molecule has 0 N–H and O–H groups in total. The number of rotatable bonds is 5. The van der Waals surface area contributed by atoms with Crippen molar-refractivity contribution in [3.05, 3.63) is 101 Å². The molecule has 4 rings (SSSR count). The van der Waals surface area contributed by atoms with Crippen LogP contribution in [-0.2, 0) is 0 Å². The number of aromatic nitrogens is 2. The number of ketones is 1. The number of hydrogen-bond acceptors (Lipinski definition) is 3. The Hall–Kier alpha value is -3.37. The van der Waals surface area contributed by atoms with Crippen LogP contribution in [0.3, 0.4) is 0 Å². The number of methoxy groups -OCH3 is 1. The van der Waals surface area contributed by atoms with E-state index in [0.717, 1.165) is 22.5 Å². The summed E-state index contributed by atoms with van der Waals surface area (Å²) in [4.78, 5) is 17.2. The Morgan fingerprint density at radius 3 is 2.14 bits per heavy atom. The molecule has 0 aliphatic carbocycles. The number of hydrogen-bond donors (Lipinski definition) is 0. The van der Waals surface area contributed by atoms with Crippen LogP contribution >= 0.6 is 11.6 Å². The van der Waals surface area contributed by atoms with Gasteiger partial charge in [-0.05, 0) is 48.4 Å². The third kappa shape index (κ3) is 3.93. The molecular formula is C24H19ClN2O2. The zero-order valence-electron chi connectivity index (χ0n) is 16.1. The van der Waals surface area contributed by atoms with Gasteiger partial charge in [0.25, 0.3) is 0 Å². The number of carbonyl (C=O) groups is 1. The first-order chi connectivity index (χ1) is 14.0. The highest BCUT2D eigenvalue weighted by molar-refractivity contribution is 6.30. The third-order valence-corrected chi connectivity index (χ3v) is 5.01. The summed E-state index contributed by atoms with van der Waals surface area (Å²) in [6.07, 6.45) is 3.64. The SMILES string of the molecule is COc1cc(C(=O)c2ccc(-c3ccc(Cl)cc3)cc2)ccc1-n1cnc(C)c1. The van der Waals surface area contributed by atoms with Gasteiger partial charge in [0.15, 0.2) is 5.78 Å². The van der Waals surface area contributed by atoms with Crippen molar-refractivity contribution in [3.8, 4) is 22.6 Å². The molecule has 1 heterocycles. The third-order valence-electron chi connectivity index (χ3n) is 4.76. The Kier molecular flexibility index (Phi) is 5.19. The molecule has 0 atom stereocenters. The average molecular weight is 403 g/mol. The summed E-state index contributed by atoms with van der Waals surface area (Å²) in [5.74, 6) is 0.561. The van der Waals surface area contributed by atoms with Crippen LogP contribution in [-0.4, -0.2) is 22.4 Å². The number of nitrogens with zero attached hydrogens (tertiary/aromatic N) is 2. The predicted octanol–water partition coefficient (Wildman–Crippen LogP) is 5.74. The van der Waals surface area contributed by atoms with Gasteiger partial charge in [-0.3, -0.25) is 4.79 Å². The minimum absolute atomic E-state index is 0.0562.